The summed E-state index contributed by atoms with van der Waals surface area (Å²) in [4.78, 5) is 24.1. The van der Waals surface area contributed by atoms with Gasteiger partial charge in [0, 0.05) is 37.1 Å². The van der Waals surface area contributed by atoms with Crippen molar-refractivity contribution in [3.8, 4) is 0 Å². The first-order valence-corrected chi connectivity index (χ1v) is 10.8. The maximum absolute atomic E-state index is 12.0. The summed E-state index contributed by atoms with van der Waals surface area (Å²) in [5, 5.41) is 10.9. The van der Waals surface area contributed by atoms with Crippen molar-refractivity contribution in [1.29, 1.82) is 0 Å². The molecule has 166 valence electrons. The maximum Gasteiger partial charge on any atom is 0.432 e. The molecule has 0 radical (unpaired) electrons. The van der Waals surface area contributed by atoms with Gasteiger partial charge in [-0.25, -0.2) is 4.79 Å². The Morgan fingerprint density at radius 3 is 2.74 bits per heavy atom. The minimum atomic E-state index is -1.07. The Morgan fingerprint density at radius 1 is 1.32 bits per heavy atom. The molecular weight excluding hydrogens is 394 g/mol. The zero-order chi connectivity index (χ0) is 22.0. The molecule has 2 aromatic rings. The van der Waals surface area contributed by atoms with Gasteiger partial charge in [-0.2, -0.15) is 5.06 Å². The van der Waals surface area contributed by atoms with E-state index in [4.69, 9.17) is 9.57 Å². The molecule has 1 atom stereocenters. The minimum absolute atomic E-state index is 0.0541. The molecule has 3 heterocycles. The van der Waals surface area contributed by atoms with E-state index in [2.05, 4.69) is 41.9 Å². The molecule has 1 fully saturated rings. The SMILES string of the molecule is CON(C(=O)O)C(c1ccc2c(c1)C(C)(C)CN2Cc1ccccn1)C1CCOCC1. The molecule has 1 amide bonds. The van der Waals surface area contributed by atoms with Crippen molar-refractivity contribution < 1.29 is 19.5 Å². The van der Waals surface area contributed by atoms with Gasteiger partial charge in [-0.15, -0.1) is 0 Å². The third-order valence-electron chi connectivity index (χ3n) is 6.45. The van der Waals surface area contributed by atoms with Gasteiger partial charge in [0.15, 0.2) is 0 Å². The first kappa shape index (κ1) is 21.6. The van der Waals surface area contributed by atoms with E-state index in [1.54, 1.807) is 0 Å². The van der Waals surface area contributed by atoms with Crippen molar-refractivity contribution in [3.05, 3.63) is 59.4 Å². The molecule has 0 aliphatic carbocycles. The second kappa shape index (κ2) is 8.85. The first-order valence-electron chi connectivity index (χ1n) is 10.8. The lowest BCUT2D eigenvalue weighted by Crippen LogP contribution is -2.39. The molecule has 1 N–H and O–H groups in total. The van der Waals surface area contributed by atoms with Crippen molar-refractivity contribution in [2.24, 2.45) is 5.92 Å². The average Bonchev–Trinajstić information content (AvgIpc) is 3.02. The molecule has 1 saturated heterocycles. The predicted molar refractivity (Wildman–Crippen MR) is 118 cm³/mol. The number of fused-ring (bicyclic) bond motifs is 1. The number of benzene rings is 1. The minimum Gasteiger partial charge on any atom is -0.463 e. The van der Waals surface area contributed by atoms with Crippen LogP contribution in [0.15, 0.2) is 42.6 Å². The fourth-order valence-corrected chi connectivity index (χ4v) is 4.97. The standard InChI is InChI=1S/C24H31N3O4/c1-24(2)16-26(15-19-6-4-5-11-25-19)21-8-7-18(14-20(21)24)22(27(30-3)23(28)29)17-9-12-31-13-10-17/h4-8,11,14,17,22H,9-10,12-13,15-16H2,1-3H3,(H,28,29). The van der Waals surface area contributed by atoms with Gasteiger partial charge >= 0.3 is 6.09 Å². The first-order chi connectivity index (χ1) is 14.9. The van der Waals surface area contributed by atoms with Gasteiger partial charge in [-0.05, 0) is 48.1 Å². The fraction of sp³-hybridized carbons (Fsp3) is 0.500. The average molecular weight is 426 g/mol. The summed E-state index contributed by atoms with van der Waals surface area (Å²) in [7, 11) is 1.42. The van der Waals surface area contributed by atoms with Crippen LogP contribution < -0.4 is 4.90 Å². The highest BCUT2D eigenvalue weighted by atomic mass is 16.7. The van der Waals surface area contributed by atoms with Crippen molar-refractivity contribution in [2.45, 2.75) is 44.7 Å². The van der Waals surface area contributed by atoms with Gasteiger partial charge in [0.25, 0.3) is 0 Å². The molecule has 0 saturated carbocycles. The number of aromatic nitrogens is 1. The summed E-state index contributed by atoms with van der Waals surface area (Å²) < 4.78 is 5.52. The summed E-state index contributed by atoms with van der Waals surface area (Å²) >= 11 is 0. The van der Waals surface area contributed by atoms with E-state index in [1.807, 2.05) is 24.4 Å². The molecule has 0 spiro atoms. The zero-order valence-electron chi connectivity index (χ0n) is 18.5. The number of nitrogens with zero attached hydrogens (tertiary/aromatic N) is 3. The highest BCUT2D eigenvalue weighted by Crippen LogP contribution is 2.44. The molecule has 4 rings (SSSR count). The summed E-state index contributed by atoms with van der Waals surface area (Å²) in [6.07, 6.45) is 2.37. The Hall–Kier alpha value is -2.64. The summed E-state index contributed by atoms with van der Waals surface area (Å²) in [5.74, 6) is 0.150. The number of ether oxygens (including phenoxy) is 1. The van der Waals surface area contributed by atoms with E-state index >= 15 is 0 Å². The van der Waals surface area contributed by atoms with Crippen LogP contribution in [0.2, 0.25) is 0 Å². The number of carboxylic acid groups (broad SMARTS) is 1. The second-order valence-corrected chi connectivity index (χ2v) is 9.02. The Bertz CT molecular complexity index is 912. The summed E-state index contributed by atoms with van der Waals surface area (Å²) in [5.41, 5.74) is 4.37. The molecule has 1 aromatic heterocycles. The van der Waals surface area contributed by atoms with Crippen LogP contribution in [0.25, 0.3) is 0 Å². The van der Waals surface area contributed by atoms with Crippen LogP contribution in [-0.4, -0.2) is 48.1 Å². The Morgan fingerprint density at radius 2 is 2.10 bits per heavy atom. The maximum atomic E-state index is 12.0. The number of hydroxylamine groups is 2. The van der Waals surface area contributed by atoms with E-state index in [1.165, 1.54) is 18.4 Å². The smallest absolute Gasteiger partial charge is 0.432 e. The van der Waals surface area contributed by atoms with Crippen LogP contribution >= 0.6 is 0 Å². The predicted octanol–water partition coefficient (Wildman–Crippen LogP) is 4.39. The number of carbonyl (C=O) groups is 1. The molecule has 7 heteroatoms. The molecule has 7 nitrogen and oxygen atoms in total. The highest BCUT2D eigenvalue weighted by Gasteiger charge is 2.39. The van der Waals surface area contributed by atoms with E-state index in [9.17, 15) is 9.90 Å². The van der Waals surface area contributed by atoms with Gasteiger partial charge in [0.2, 0.25) is 0 Å². The third-order valence-corrected chi connectivity index (χ3v) is 6.45. The van der Waals surface area contributed by atoms with Gasteiger partial charge < -0.3 is 14.7 Å². The van der Waals surface area contributed by atoms with Gasteiger partial charge in [-0.1, -0.05) is 32.0 Å². The lowest BCUT2D eigenvalue weighted by molar-refractivity contribution is -0.153. The van der Waals surface area contributed by atoms with E-state index in [0.29, 0.717) is 13.2 Å². The van der Waals surface area contributed by atoms with Crippen LogP contribution in [0.1, 0.15) is 49.6 Å². The second-order valence-electron chi connectivity index (χ2n) is 9.02. The van der Waals surface area contributed by atoms with Gasteiger partial charge in [-0.3, -0.25) is 9.82 Å². The molecule has 31 heavy (non-hydrogen) atoms. The molecule has 1 unspecified atom stereocenters. The van der Waals surface area contributed by atoms with Crippen LogP contribution in [-0.2, 0) is 21.5 Å². The Labute approximate surface area is 183 Å². The topological polar surface area (TPSA) is 75.1 Å². The normalized spacial score (nSPS) is 19.1. The number of pyridine rings is 1. The number of amides is 1. The molecular formula is C24H31N3O4. The molecule has 0 bridgehead atoms. The van der Waals surface area contributed by atoms with E-state index in [-0.39, 0.29) is 17.4 Å². The van der Waals surface area contributed by atoms with Crippen LogP contribution in [0.4, 0.5) is 10.5 Å². The van der Waals surface area contributed by atoms with E-state index in [0.717, 1.165) is 42.3 Å². The number of rotatable bonds is 6. The van der Waals surface area contributed by atoms with Crippen LogP contribution in [0.3, 0.4) is 0 Å². The summed E-state index contributed by atoms with van der Waals surface area (Å²) in [6.45, 7) is 7.40. The van der Waals surface area contributed by atoms with Crippen molar-refractivity contribution in [3.63, 3.8) is 0 Å². The van der Waals surface area contributed by atoms with Crippen molar-refractivity contribution in [2.75, 3.05) is 31.8 Å². The van der Waals surface area contributed by atoms with E-state index < -0.39 is 6.09 Å². The quantitative estimate of drug-likeness (QED) is 0.692. The monoisotopic (exact) mass is 425 g/mol. The lowest BCUT2D eigenvalue weighted by atomic mass is 9.82. The third kappa shape index (κ3) is 4.38. The number of hydrogen-bond donors (Lipinski definition) is 1. The summed E-state index contributed by atoms with van der Waals surface area (Å²) in [6, 6.07) is 12.0. The number of anilines is 1. The largest absolute Gasteiger partial charge is 0.463 e. The Balaban J connectivity index is 1.69. The van der Waals surface area contributed by atoms with Crippen molar-refractivity contribution >= 4 is 11.8 Å². The van der Waals surface area contributed by atoms with Gasteiger partial charge in [0.1, 0.15) is 0 Å². The van der Waals surface area contributed by atoms with Crippen LogP contribution in [0, 0.1) is 5.92 Å². The molecule has 2 aliphatic rings. The lowest BCUT2D eigenvalue weighted by Gasteiger charge is -2.36. The van der Waals surface area contributed by atoms with Crippen molar-refractivity contribution in [1.82, 2.24) is 10.0 Å². The Kier molecular flexibility index (Phi) is 6.16. The highest BCUT2D eigenvalue weighted by molar-refractivity contribution is 5.66. The zero-order valence-corrected chi connectivity index (χ0v) is 18.5. The molecule has 2 aliphatic heterocycles. The fourth-order valence-electron chi connectivity index (χ4n) is 4.97. The van der Waals surface area contributed by atoms with Crippen LogP contribution in [0.5, 0.6) is 0 Å². The number of hydrogen-bond acceptors (Lipinski definition) is 5. The van der Waals surface area contributed by atoms with Gasteiger partial charge in [0.05, 0.1) is 25.4 Å². The molecule has 1 aromatic carbocycles.